The summed E-state index contributed by atoms with van der Waals surface area (Å²) in [4.78, 5) is 37.5. The second-order valence-electron chi connectivity index (χ2n) is 10.7. The molecule has 200 valence electrons. The highest BCUT2D eigenvalue weighted by molar-refractivity contribution is 5.85. The summed E-state index contributed by atoms with van der Waals surface area (Å²) in [5.74, 6) is -2.04. The largest absolute Gasteiger partial charge is 0.462 e. The number of ether oxygens (including phenoxy) is 5. The number of rotatable bonds is 0. The maximum Gasteiger partial charge on any atom is 0.331 e. The fraction of sp³-hybridized carbons (Fsp3) is 0.593. The van der Waals surface area contributed by atoms with E-state index < -0.39 is 58.8 Å². The molecule has 0 radical (unpaired) electrons. The second kappa shape index (κ2) is 9.20. The summed E-state index contributed by atoms with van der Waals surface area (Å²) in [6.07, 6.45) is 5.13. The molecule has 0 aromatic carbocycles. The van der Waals surface area contributed by atoms with E-state index in [9.17, 15) is 24.6 Å². The van der Waals surface area contributed by atoms with Crippen LogP contribution in [0.3, 0.4) is 0 Å². The molecular weight excluding hydrogens is 484 g/mol. The number of hydrogen-bond acceptors (Lipinski definition) is 10. The summed E-state index contributed by atoms with van der Waals surface area (Å²) in [6, 6.07) is 0. The number of aliphatic hydroxyl groups is 2. The molecule has 8 atom stereocenters. The highest BCUT2D eigenvalue weighted by Crippen LogP contribution is 2.72. The lowest BCUT2D eigenvalue weighted by atomic mass is 9.51. The molecule has 2 aliphatic carbocycles. The number of carbonyl (C=O) groups excluding carboxylic acids is 3. The quantitative estimate of drug-likeness (QED) is 0.208. The summed E-state index contributed by atoms with van der Waals surface area (Å²) in [5.41, 5.74) is -1.53. The molecule has 10 heteroatoms. The van der Waals surface area contributed by atoms with Gasteiger partial charge in [-0.2, -0.15) is 0 Å². The SMILES string of the molecule is CC1=C[C@H]2O[C@@H]3C[C@H]4OC(=O)/C=C\C=C\C(=O)OC[C@H](O)/C(C)=C/C(=O)OC[C@@]2(C[C@H]1O)[C@]4(C)[C@]31CO1. The van der Waals surface area contributed by atoms with E-state index in [1.54, 1.807) is 0 Å². The molecule has 5 rings (SSSR count). The molecule has 5 aliphatic rings. The van der Waals surface area contributed by atoms with Crippen molar-refractivity contribution in [3.05, 3.63) is 47.6 Å². The molecule has 2 spiro atoms. The van der Waals surface area contributed by atoms with Crippen molar-refractivity contribution < 1.29 is 48.3 Å². The van der Waals surface area contributed by atoms with Crippen LogP contribution < -0.4 is 0 Å². The standard InChI is InChI=1S/C27H32O10/c1-15-8-20-26(11-17(15)28)13-34-24(32)9-16(2)18(29)12-33-22(30)6-4-5-7-23(31)37-19-10-21(36-20)27(14-35-27)25(19,26)3/h4-9,17-21,28-29H,10-14H2,1-3H3/b6-4+,7-5-,16-9+/t17-,18+,19-,20-,21-,25-,26-,27+/m1/s1. The number of aliphatic hydroxyl groups excluding tert-OH is 2. The van der Waals surface area contributed by atoms with Crippen molar-refractivity contribution in [3.63, 3.8) is 0 Å². The number of carbonyl (C=O) groups is 3. The summed E-state index contributed by atoms with van der Waals surface area (Å²) in [6.45, 7) is 5.23. The van der Waals surface area contributed by atoms with E-state index in [2.05, 4.69) is 0 Å². The molecule has 0 aromatic heterocycles. The minimum absolute atomic E-state index is 0.132. The topological polar surface area (TPSA) is 141 Å². The Balaban J connectivity index is 1.56. The van der Waals surface area contributed by atoms with Crippen molar-refractivity contribution in [2.45, 2.75) is 69.7 Å². The van der Waals surface area contributed by atoms with Crippen molar-refractivity contribution in [1.82, 2.24) is 0 Å². The predicted molar refractivity (Wildman–Crippen MR) is 127 cm³/mol. The first kappa shape index (κ1) is 25.8. The van der Waals surface area contributed by atoms with Gasteiger partial charge in [0.1, 0.15) is 31.0 Å². The number of esters is 3. The van der Waals surface area contributed by atoms with Crippen LogP contribution in [-0.2, 0) is 38.1 Å². The smallest absolute Gasteiger partial charge is 0.331 e. The second-order valence-corrected chi connectivity index (χ2v) is 10.7. The van der Waals surface area contributed by atoms with Gasteiger partial charge in [0.05, 0.1) is 30.3 Å². The lowest BCUT2D eigenvalue weighted by molar-refractivity contribution is -0.238. The number of epoxide rings is 1. The first-order chi connectivity index (χ1) is 17.5. The van der Waals surface area contributed by atoms with Gasteiger partial charge in [-0.3, -0.25) is 0 Å². The lowest BCUT2D eigenvalue weighted by Crippen LogP contribution is -2.68. The number of allylic oxidation sites excluding steroid dienone is 2. The Morgan fingerprint density at radius 1 is 0.892 bits per heavy atom. The van der Waals surface area contributed by atoms with Gasteiger partial charge in [0.15, 0.2) is 0 Å². The molecule has 0 unspecified atom stereocenters. The monoisotopic (exact) mass is 516 g/mol. The average Bonchev–Trinajstić information content (AvgIpc) is 3.63. The van der Waals surface area contributed by atoms with Crippen LogP contribution in [-0.4, -0.2) is 84.1 Å². The Morgan fingerprint density at radius 3 is 2.30 bits per heavy atom. The molecule has 0 amide bonds. The van der Waals surface area contributed by atoms with Gasteiger partial charge >= 0.3 is 17.9 Å². The maximum atomic E-state index is 12.8. The van der Waals surface area contributed by atoms with Crippen molar-refractivity contribution in [3.8, 4) is 0 Å². The number of cyclic esters (lactones) is 2. The van der Waals surface area contributed by atoms with Gasteiger partial charge in [0.2, 0.25) is 0 Å². The van der Waals surface area contributed by atoms with Crippen molar-refractivity contribution in [2.24, 2.45) is 10.8 Å². The third-order valence-electron chi connectivity index (χ3n) is 8.87. The van der Waals surface area contributed by atoms with Gasteiger partial charge in [0.25, 0.3) is 0 Å². The third-order valence-corrected chi connectivity index (χ3v) is 8.87. The Labute approximate surface area is 214 Å². The van der Waals surface area contributed by atoms with E-state index in [1.165, 1.54) is 25.2 Å². The predicted octanol–water partition coefficient (Wildman–Crippen LogP) is 1.06. The van der Waals surface area contributed by atoms with E-state index in [-0.39, 0.29) is 31.3 Å². The normalized spacial score (nSPS) is 47.2. The summed E-state index contributed by atoms with van der Waals surface area (Å²) in [5, 5.41) is 21.3. The van der Waals surface area contributed by atoms with Crippen LogP contribution >= 0.6 is 0 Å². The van der Waals surface area contributed by atoms with Crippen LogP contribution in [0.1, 0.15) is 33.6 Å². The van der Waals surface area contributed by atoms with Crippen LogP contribution in [0, 0.1) is 10.8 Å². The van der Waals surface area contributed by atoms with E-state index in [0.29, 0.717) is 13.0 Å². The van der Waals surface area contributed by atoms with Gasteiger partial charge in [-0.25, -0.2) is 14.4 Å². The van der Waals surface area contributed by atoms with Gasteiger partial charge in [-0.15, -0.1) is 0 Å². The van der Waals surface area contributed by atoms with E-state index >= 15 is 0 Å². The molecule has 3 heterocycles. The number of hydrogen-bond donors (Lipinski definition) is 2. The van der Waals surface area contributed by atoms with Gasteiger partial charge in [0, 0.05) is 30.1 Å². The zero-order valence-corrected chi connectivity index (χ0v) is 21.0. The van der Waals surface area contributed by atoms with Gasteiger partial charge in [-0.05, 0) is 31.4 Å². The first-order valence-electron chi connectivity index (χ1n) is 12.4. The third kappa shape index (κ3) is 4.06. The molecule has 2 saturated heterocycles. The molecular formula is C27H32O10. The molecule has 2 bridgehead atoms. The van der Waals surface area contributed by atoms with Crippen molar-refractivity contribution in [2.75, 3.05) is 19.8 Å². The molecule has 3 aliphatic heterocycles. The zero-order valence-electron chi connectivity index (χ0n) is 21.0. The Bertz CT molecular complexity index is 1110. The highest BCUT2D eigenvalue weighted by atomic mass is 16.6. The Morgan fingerprint density at radius 2 is 1.59 bits per heavy atom. The maximum absolute atomic E-state index is 12.8. The highest BCUT2D eigenvalue weighted by Gasteiger charge is 2.83. The Hall–Kier alpha value is -2.79. The molecule has 3 fully saturated rings. The van der Waals surface area contributed by atoms with Crippen molar-refractivity contribution >= 4 is 17.9 Å². The molecule has 0 aromatic rings. The van der Waals surface area contributed by atoms with Gasteiger partial charge in [-0.1, -0.05) is 25.2 Å². The average molecular weight is 517 g/mol. The van der Waals surface area contributed by atoms with E-state index in [1.807, 2.05) is 19.9 Å². The van der Waals surface area contributed by atoms with E-state index in [0.717, 1.165) is 17.7 Å². The molecule has 10 nitrogen and oxygen atoms in total. The fourth-order valence-electron chi connectivity index (χ4n) is 6.45. The van der Waals surface area contributed by atoms with Crippen molar-refractivity contribution in [1.29, 1.82) is 0 Å². The molecule has 1 saturated carbocycles. The van der Waals surface area contributed by atoms with Crippen LogP contribution in [0.15, 0.2) is 47.6 Å². The van der Waals surface area contributed by atoms with Crippen LogP contribution in [0.25, 0.3) is 0 Å². The van der Waals surface area contributed by atoms with Gasteiger partial charge < -0.3 is 33.9 Å². The summed E-state index contributed by atoms with van der Waals surface area (Å²) >= 11 is 0. The fourth-order valence-corrected chi connectivity index (χ4v) is 6.45. The zero-order chi connectivity index (χ0) is 26.6. The lowest BCUT2D eigenvalue weighted by Gasteiger charge is -2.58. The van der Waals surface area contributed by atoms with Crippen LogP contribution in [0.2, 0.25) is 0 Å². The summed E-state index contributed by atoms with van der Waals surface area (Å²) in [7, 11) is 0. The molecule has 37 heavy (non-hydrogen) atoms. The minimum Gasteiger partial charge on any atom is -0.462 e. The first-order valence-corrected chi connectivity index (χ1v) is 12.4. The molecule has 2 N–H and O–H groups in total. The van der Waals surface area contributed by atoms with Crippen LogP contribution in [0.4, 0.5) is 0 Å². The summed E-state index contributed by atoms with van der Waals surface area (Å²) < 4.78 is 29.2. The van der Waals surface area contributed by atoms with E-state index in [4.69, 9.17) is 23.7 Å². The Kier molecular flexibility index (Phi) is 6.42. The van der Waals surface area contributed by atoms with Crippen LogP contribution in [0.5, 0.6) is 0 Å². The minimum atomic E-state index is -1.21.